The Labute approximate surface area is 84.2 Å². The molecule has 0 fully saturated rings. The van der Waals surface area contributed by atoms with Crippen LogP contribution in [0.1, 0.15) is 26.7 Å². The molecular weight excluding hydrogens is 184 g/mol. The normalized spacial score (nSPS) is 14.6. The summed E-state index contributed by atoms with van der Waals surface area (Å²) in [4.78, 5) is 11.1. The van der Waals surface area contributed by atoms with Gasteiger partial charge in [0.15, 0.2) is 0 Å². The first-order valence-electron chi connectivity index (χ1n) is 4.68. The highest BCUT2D eigenvalue weighted by Gasteiger charge is 2.21. The van der Waals surface area contributed by atoms with E-state index in [9.17, 15) is 9.90 Å². The van der Waals surface area contributed by atoms with Gasteiger partial charge in [0.1, 0.15) is 12.2 Å². The van der Waals surface area contributed by atoms with E-state index in [4.69, 9.17) is 9.84 Å². The highest BCUT2D eigenvalue weighted by atomic mass is 16.6. The van der Waals surface area contributed by atoms with Gasteiger partial charge in [-0.3, -0.25) is 0 Å². The average molecular weight is 202 g/mol. The minimum absolute atomic E-state index is 0.288. The molecule has 0 aliphatic carbocycles. The van der Waals surface area contributed by atoms with Gasteiger partial charge in [0.05, 0.1) is 6.61 Å². The lowest BCUT2D eigenvalue weighted by Crippen LogP contribution is -2.34. The first kappa shape index (κ1) is 13.1. The average Bonchev–Trinajstić information content (AvgIpc) is 2.15. The van der Waals surface area contributed by atoms with Crippen molar-refractivity contribution in [1.29, 1.82) is 0 Å². The van der Waals surface area contributed by atoms with E-state index in [0.717, 1.165) is 6.42 Å². The molecule has 0 aliphatic rings. The van der Waals surface area contributed by atoms with Crippen molar-refractivity contribution < 1.29 is 19.7 Å². The SMILES string of the molecule is C=C(C)C(=O)OC(CCC)C(O)CO. The van der Waals surface area contributed by atoms with E-state index in [1.54, 1.807) is 0 Å². The van der Waals surface area contributed by atoms with Crippen LogP contribution >= 0.6 is 0 Å². The standard InChI is InChI=1S/C10H18O4/c1-4-5-9(8(12)6-11)14-10(13)7(2)3/h8-9,11-12H,2,4-6H2,1,3H3. The molecule has 0 bridgehead atoms. The fourth-order valence-electron chi connectivity index (χ4n) is 0.970. The number of esters is 1. The zero-order valence-electron chi connectivity index (χ0n) is 8.69. The van der Waals surface area contributed by atoms with Gasteiger partial charge in [0.2, 0.25) is 0 Å². The van der Waals surface area contributed by atoms with Crippen molar-refractivity contribution in [3.63, 3.8) is 0 Å². The van der Waals surface area contributed by atoms with Gasteiger partial charge in [-0.25, -0.2) is 4.79 Å². The lowest BCUT2D eigenvalue weighted by atomic mass is 10.1. The molecule has 0 saturated carbocycles. The summed E-state index contributed by atoms with van der Waals surface area (Å²) >= 11 is 0. The van der Waals surface area contributed by atoms with Crippen LogP contribution in [0.2, 0.25) is 0 Å². The minimum atomic E-state index is -1.02. The molecule has 0 saturated heterocycles. The summed E-state index contributed by atoms with van der Waals surface area (Å²) in [5.41, 5.74) is 0.288. The van der Waals surface area contributed by atoms with Gasteiger partial charge in [0.25, 0.3) is 0 Å². The molecule has 4 nitrogen and oxygen atoms in total. The third-order valence-electron chi connectivity index (χ3n) is 1.80. The van der Waals surface area contributed by atoms with Crippen molar-refractivity contribution in [3.05, 3.63) is 12.2 Å². The molecule has 2 unspecified atom stereocenters. The Hall–Kier alpha value is -0.870. The molecule has 0 heterocycles. The van der Waals surface area contributed by atoms with Crippen LogP contribution in [0.15, 0.2) is 12.2 Å². The monoisotopic (exact) mass is 202 g/mol. The Bertz CT molecular complexity index is 200. The summed E-state index contributed by atoms with van der Waals surface area (Å²) < 4.78 is 4.96. The Morgan fingerprint density at radius 3 is 2.50 bits per heavy atom. The quantitative estimate of drug-likeness (QED) is 0.489. The van der Waals surface area contributed by atoms with Gasteiger partial charge in [0, 0.05) is 5.57 Å². The molecule has 0 radical (unpaired) electrons. The van der Waals surface area contributed by atoms with E-state index in [2.05, 4.69) is 6.58 Å². The summed E-state index contributed by atoms with van der Waals surface area (Å²) in [5.74, 6) is -0.532. The fourth-order valence-corrected chi connectivity index (χ4v) is 0.970. The van der Waals surface area contributed by atoms with Crippen molar-refractivity contribution in [1.82, 2.24) is 0 Å². The molecule has 0 aromatic carbocycles. The Morgan fingerprint density at radius 2 is 2.14 bits per heavy atom. The predicted octanol–water partition coefficient (Wildman–Crippen LogP) is 0.628. The smallest absolute Gasteiger partial charge is 0.333 e. The van der Waals surface area contributed by atoms with Crippen LogP contribution in [0.4, 0.5) is 0 Å². The third-order valence-corrected chi connectivity index (χ3v) is 1.80. The van der Waals surface area contributed by atoms with Crippen molar-refractivity contribution in [2.24, 2.45) is 0 Å². The van der Waals surface area contributed by atoms with Crippen molar-refractivity contribution >= 4 is 5.97 Å². The summed E-state index contributed by atoms with van der Waals surface area (Å²) in [5, 5.41) is 18.0. The number of aliphatic hydroxyl groups excluding tert-OH is 2. The lowest BCUT2D eigenvalue weighted by Gasteiger charge is -2.21. The molecule has 14 heavy (non-hydrogen) atoms. The first-order valence-corrected chi connectivity index (χ1v) is 4.68. The molecule has 4 heteroatoms. The third kappa shape index (κ3) is 4.39. The fraction of sp³-hybridized carbons (Fsp3) is 0.700. The second-order valence-corrected chi connectivity index (χ2v) is 3.26. The number of hydrogen-bond acceptors (Lipinski definition) is 4. The van der Waals surface area contributed by atoms with Gasteiger partial charge < -0.3 is 14.9 Å². The van der Waals surface area contributed by atoms with Crippen molar-refractivity contribution in [2.75, 3.05) is 6.61 Å². The minimum Gasteiger partial charge on any atom is -0.456 e. The largest absolute Gasteiger partial charge is 0.456 e. The van der Waals surface area contributed by atoms with Crippen LogP contribution in [-0.4, -0.2) is 35.0 Å². The summed E-state index contributed by atoms with van der Waals surface area (Å²) in [7, 11) is 0. The molecule has 0 rings (SSSR count). The predicted molar refractivity (Wildman–Crippen MR) is 52.7 cm³/mol. The Kier molecular flexibility index (Phi) is 6.16. The lowest BCUT2D eigenvalue weighted by molar-refractivity contribution is -0.152. The van der Waals surface area contributed by atoms with Crippen LogP contribution in [0.3, 0.4) is 0 Å². The van der Waals surface area contributed by atoms with Crippen LogP contribution in [0, 0.1) is 0 Å². The van der Waals surface area contributed by atoms with Gasteiger partial charge in [-0.15, -0.1) is 0 Å². The number of rotatable bonds is 6. The summed E-state index contributed by atoms with van der Waals surface area (Å²) in [6.45, 7) is 6.47. The summed E-state index contributed by atoms with van der Waals surface area (Å²) in [6, 6.07) is 0. The molecule has 0 aromatic heterocycles. The number of hydrogen-bond donors (Lipinski definition) is 2. The van der Waals surface area contributed by atoms with Crippen LogP contribution < -0.4 is 0 Å². The van der Waals surface area contributed by atoms with E-state index in [1.807, 2.05) is 6.92 Å². The Morgan fingerprint density at radius 1 is 1.57 bits per heavy atom. The molecule has 2 N–H and O–H groups in total. The number of carbonyl (C=O) groups is 1. The zero-order chi connectivity index (χ0) is 11.1. The van der Waals surface area contributed by atoms with Crippen LogP contribution in [0.5, 0.6) is 0 Å². The number of carbonyl (C=O) groups excluding carboxylic acids is 1. The van der Waals surface area contributed by atoms with Gasteiger partial charge in [-0.2, -0.15) is 0 Å². The maximum atomic E-state index is 11.1. The van der Waals surface area contributed by atoms with Crippen LogP contribution in [0.25, 0.3) is 0 Å². The second-order valence-electron chi connectivity index (χ2n) is 3.26. The molecule has 0 aliphatic heterocycles. The molecule has 82 valence electrons. The Balaban J connectivity index is 4.21. The molecule has 2 atom stereocenters. The topological polar surface area (TPSA) is 66.8 Å². The van der Waals surface area contributed by atoms with Gasteiger partial charge >= 0.3 is 5.97 Å². The highest BCUT2D eigenvalue weighted by molar-refractivity contribution is 5.87. The number of aliphatic hydroxyl groups is 2. The number of ether oxygens (including phenoxy) is 1. The molecule has 0 amide bonds. The molecule has 0 aromatic rings. The van der Waals surface area contributed by atoms with E-state index < -0.39 is 24.8 Å². The van der Waals surface area contributed by atoms with Crippen LogP contribution in [-0.2, 0) is 9.53 Å². The van der Waals surface area contributed by atoms with Crippen molar-refractivity contribution in [3.8, 4) is 0 Å². The highest BCUT2D eigenvalue weighted by Crippen LogP contribution is 2.09. The zero-order valence-corrected chi connectivity index (χ0v) is 8.69. The van der Waals surface area contributed by atoms with Gasteiger partial charge in [-0.05, 0) is 13.3 Å². The van der Waals surface area contributed by atoms with E-state index >= 15 is 0 Å². The maximum absolute atomic E-state index is 11.1. The van der Waals surface area contributed by atoms with Crippen molar-refractivity contribution in [2.45, 2.75) is 38.9 Å². The van der Waals surface area contributed by atoms with E-state index in [0.29, 0.717) is 6.42 Å². The summed E-state index contributed by atoms with van der Waals surface area (Å²) in [6.07, 6.45) is -0.362. The van der Waals surface area contributed by atoms with E-state index in [1.165, 1.54) is 6.92 Å². The maximum Gasteiger partial charge on any atom is 0.333 e. The second kappa shape index (κ2) is 6.56. The molecule has 0 spiro atoms. The molecular formula is C10H18O4. The van der Waals surface area contributed by atoms with Gasteiger partial charge in [-0.1, -0.05) is 19.9 Å². The van der Waals surface area contributed by atoms with E-state index in [-0.39, 0.29) is 5.57 Å². The first-order chi connectivity index (χ1) is 6.52.